The van der Waals surface area contributed by atoms with E-state index >= 15 is 0 Å². The van der Waals surface area contributed by atoms with Gasteiger partial charge in [0.15, 0.2) is 0 Å². The summed E-state index contributed by atoms with van der Waals surface area (Å²) in [6.45, 7) is 4.58. The Morgan fingerprint density at radius 2 is 2.00 bits per heavy atom. The number of nitrogens with zero attached hydrogens (tertiary/aromatic N) is 3. The molecule has 2 aromatic heterocycles. The van der Waals surface area contributed by atoms with Gasteiger partial charge in [-0.15, -0.1) is 0 Å². The van der Waals surface area contributed by atoms with Crippen LogP contribution in [0.3, 0.4) is 0 Å². The van der Waals surface area contributed by atoms with Gasteiger partial charge < -0.3 is 14.6 Å². The molecule has 33 heavy (non-hydrogen) atoms. The quantitative estimate of drug-likeness (QED) is 0.378. The first kappa shape index (κ1) is 20.9. The van der Waals surface area contributed by atoms with Gasteiger partial charge in [0.2, 0.25) is 0 Å². The van der Waals surface area contributed by atoms with Gasteiger partial charge >= 0.3 is 0 Å². The van der Waals surface area contributed by atoms with Gasteiger partial charge in [-0.1, -0.05) is 12.1 Å². The van der Waals surface area contributed by atoms with Crippen molar-refractivity contribution in [2.45, 2.75) is 38.8 Å². The molecular weight excluding hydrogens is 531 g/mol. The molecule has 0 radical (unpaired) electrons. The van der Waals surface area contributed by atoms with Crippen LogP contribution in [-0.4, -0.2) is 38.4 Å². The van der Waals surface area contributed by atoms with Crippen molar-refractivity contribution in [3.63, 3.8) is 0 Å². The number of aryl methyl sites for hydroxylation is 1. The molecule has 0 atom stereocenters. The zero-order valence-electron chi connectivity index (χ0n) is 18.2. The van der Waals surface area contributed by atoms with Crippen LogP contribution in [-0.2, 0) is 17.8 Å². The average molecular weight is 554 g/mol. The molecule has 7 nitrogen and oxygen atoms in total. The van der Waals surface area contributed by atoms with E-state index in [1.165, 1.54) is 14.7 Å². The van der Waals surface area contributed by atoms with Gasteiger partial charge in [0.1, 0.15) is 11.3 Å². The number of amides is 1. The van der Waals surface area contributed by atoms with E-state index in [-0.39, 0.29) is 17.4 Å². The number of aromatic nitrogens is 3. The molecule has 0 spiro atoms. The lowest BCUT2D eigenvalue weighted by Crippen LogP contribution is -2.26. The van der Waals surface area contributed by atoms with Crippen LogP contribution in [0, 0.1) is 10.5 Å². The van der Waals surface area contributed by atoms with E-state index in [1.807, 2.05) is 34.4 Å². The standard InChI is InChI=1S/C25H23IN4O3/c1-14-9-21-20(10-17(14)25(32)29-12-16-3-2-4-19(26)18(16)13-29)28-24(31)22-11-27-23(30(21)22)15-5-7-33-8-6-15/h2-4,9-11,15H,5-8,12-13H2,1H3,(H,28,31). The summed E-state index contributed by atoms with van der Waals surface area (Å²) in [5.41, 5.74) is 5.79. The van der Waals surface area contributed by atoms with Gasteiger partial charge in [-0.3, -0.25) is 14.0 Å². The van der Waals surface area contributed by atoms with E-state index in [4.69, 9.17) is 4.74 Å². The highest BCUT2D eigenvalue weighted by molar-refractivity contribution is 14.1. The maximum atomic E-state index is 13.5. The largest absolute Gasteiger partial charge is 0.381 e. The third kappa shape index (κ3) is 3.38. The lowest BCUT2D eigenvalue weighted by Gasteiger charge is -2.22. The van der Waals surface area contributed by atoms with E-state index in [2.05, 4.69) is 44.7 Å². The number of nitrogens with one attached hydrogen (secondary N) is 1. The summed E-state index contributed by atoms with van der Waals surface area (Å²) >= 11 is 2.33. The number of carbonyl (C=O) groups is 1. The highest BCUT2D eigenvalue weighted by atomic mass is 127. The van der Waals surface area contributed by atoms with Crippen LogP contribution < -0.4 is 5.56 Å². The van der Waals surface area contributed by atoms with Gasteiger partial charge in [0.05, 0.1) is 17.2 Å². The Morgan fingerprint density at radius 1 is 1.18 bits per heavy atom. The molecule has 1 amide bonds. The van der Waals surface area contributed by atoms with Gasteiger partial charge in [-0.2, -0.15) is 0 Å². The SMILES string of the molecule is Cc1cc2c(cc1C(=O)N1Cc3cccc(I)c3C1)[nH]c(=O)c1cnc(C3CCOCC3)n12. The number of ether oxygens (including phenoxy) is 1. The van der Waals surface area contributed by atoms with Crippen molar-refractivity contribution in [1.29, 1.82) is 0 Å². The van der Waals surface area contributed by atoms with Gasteiger partial charge in [-0.05, 0) is 77.2 Å². The maximum absolute atomic E-state index is 13.5. The smallest absolute Gasteiger partial charge is 0.274 e. The summed E-state index contributed by atoms with van der Waals surface area (Å²) in [6, 6.07) is 10.0. The molecule has 1 N–H and O–H groups in total. The molecule has 168 valence electrons. The second-order valence-corrected chi connectivity index (χ2v) is 10.1. The van der Waals surface area contributed by atoms with Gasteiger partial charge in [0, 0.05) is 41.4 Å². The molecule has 2 aliphatic rings. The first-order valence-electron chi connectivity index (χ1n) is 11.2. The fourth-order valence-electron chi connectivity index (χ4n) is 5.11. The molecule has 2 aromatic carbocycles. The van der Waals surface area contributed by atoms with E-state index in [9.17, 15) is 9.59 Å². The summed E-state index contributed by atoms with van der Waals surface area (Å²) in [5.74, 6) is 1.13. The van der Waals surface area contributed by atoms with Crippen molar-refractivity contribution in [3.8, 4) is 0 Å². The minimum Gasteiger partial charge on any atom is -0.381 e. The second-order valence-electron chi connectivity index (χ2n) is 8.90. The van der Waals surface area contributed by atoms with Crippen molar-refractivity contribution in [1.82, 2.24) is 19.3 Å². The van der Waals surface area contributed by atoms with Crippen molar-refractivity contribution in [2.24, 2.45) is 0 Å². The number of rotatable bonds is 2. The first-order valence-corrected chi connectivity index (χ1v) is 12.3. The van der Waals surface area contributed by atoms with Crippen LogP contribution >= 0.6 is 22.6 Å². The molecule has 2 aliphatic heterocycles. The number of hydrogen-bond donors (Lipinski definition) is 1. The number of aromatic amines is 1. The molecule has 0 unspecified atom stereocenters. The first-order chi connectivity index (χ1) is 16.0. The number of hydrogen-bond acceptors (Lipinski definition) is 4. The van der Waals surface area contributed by atoms with Crippen LogP contribution in [0.2, 0.25) is 0 Å². The van der Waals surface area contributed by atoms with Crippen molar-refractivity contribution in [2.75, 3.05) is 13.2 Å². The minimum absolute atomic E-state index is 0.0161. The number of benzene rings is 2. The number of H-pyrrole nitrogens is 1. The summed E-state index contributed by atoms with van der Waals surface area (Å²) in [5, 5.41) is 0. The zero-order chi connectivity index (χ0) is 22.7. The Balaban J connectivity index is 1.44. The third-order valence-electron chi connectivity index (χ3n) is 6.88. The van der Waals surface area contributed by atoms with Crippen molar-refractivity contribution < 1.29 is 9.53 Å². The van der Waals surface area contributed by atoms with E-state index < -0.39 is 0 Å². The van der Waals surface area contributed by atoms with Crippen LogP contribution in [0.1, 0.15) is 51.6 Å². The van der Waals surface area contributed by atoms with Crippen molar-refractivity contribution in [3.05, 3.63) is 78.5 Å². The van der Waals surface area contributed by atoms with Crippen LogP contribution in [0.15, 0.2) is 41.3 Å². The number of halogens is 1. The monoisotopic (exact) mass is 554 g/mol. The van der Waals surface area contributed by atoms with Crippen LogP contribution in [0.5, 0.6) is 0 Å². The Kier molecular flexibility index (Phi) is 5.02. The molecule has 0 saturated carbocycles. The second kappa shape index (κ2) is 7.95. The Labute approximate surface area is 203 Å². The third-order valence-corrected chi connectivity index (χ3v) is 7.89. The predicted molar refractivity (Wildman–Crippen MR) is 134 cm³/mol. The Bertz CT molecular complexity index is 1480. The average Bonchev–Trinajstić information content (AvgIpc) is 3.46. The molecule has 0 aliphatic carbocycles. The lowest BCUT2D eigenvalue weighted by atomic mass is 9.99. The highest BCUT2D eigenvalue weighted by Crippen LogP contribution is 2.31. The summed E-state index contributed by atoms with van der Waals surface area (Å²) in [6.07, 6.45) is 3.43. The fourth-order valence-corrected chi connectivity index (χ4v) is 5.84. The normalized spacial score (nSPS) is 16.6. The topological polar surface area (TPSA) is 79.7 Å². The van der Waals surface area contributed by atoms with Crippen LogP contribution in [0.4, 0.5) is 0 Å². The molecular formula is C25H23IN4O3. The van der Waals surface area contributed by atoms with E-state index in [1.54, 1.807) is 6.20 Å². The molecule has 8 heteroatoms. The fraction of sp³-hybridized carbons (Fsp3) is 0.320. The van der Waals surface area contributed by atoms with E-state index in [0.717, 1.165) is 29.7 Å². The van der Waals surface area contributed by atoms with Crippen molar-refractivity contribution >= 4 is 45.0 Å². The minimum atomic E-state index is -0.196. The summed E-state index contributed by atoms with van der Waals surface area (Å²) in [4.78, 5) is 35.8. The number of imidazole rings is 1. The predicted octanol–water partition coefficient (Wildman–Crippen LogP) is 4.14. The molecule has 6 rings (SSSR count). The number of carbonyl (C=O) groups excluding carboxylic acids is 1. The molecule has 0 bridgehead atoms. The van der Waals surface area contributed by atoms with Gasteiger partial charge in [0.25, 0.3) is 11.5 Å². The lowest BCUT2D eigenvalue weighted by molar-refractivity contribution is 0.0750. The van der Waals surface area contributed by atoms with Gasteiger partial charge in [-0.25, -0.2) is 4.98 Å². The van der Waals surface area contributed by atoms with Crippen LogP contribution in [0.25, 0.3) is 16.6 Å². The summed E-state index contributed by atoms with van der Waals surface area (Å²) in [7, 11) is 0. The Hall–Kier alpha value is -2.72. The molecule has 4 aromatic rings. The molecule has 1 saturated heterocycles. The molecule has 1 fully saturated rings. The molecule has 4 heterocycles. The number of fused-ring (bicyclic) bond motifs is 4. The highest BCUT2D eigenvalue weighted by Gasteiger charge is 2.28. The Morgan fingerprint density at radius 3 is 2.79 bits per heavy atom. The maximum Gasteiger partial charge on any atom is 0.274 e. The zero-order valence-corrected chi connectivity index (χ0v) is 20.4. The summed E-state index contributed by atoms with van der Waals surface area (Å²) < 4.78 is 8.67. The van der Waals surface area contributed by atoms with E-state index in [0.29, 0.717) is 42.9 Å².